The van der Waals surface area contributed by atoms with Crippen molar-refractivity contribution in [1.82, 2.24) is 10.2 Å². The van der Waals surface area contributed by atoms with Gasteiger partial charge in [-0.1, -0.05) is 11.6 Å². The number of fused-ring (bicyclic) bond motifs is 1. The summed E-state index contributed by atoms with van der Waals surface area (Å²) in [6, 6.07) is 5.34. The zero-order chi connectivity index (χ0) is 14.8. The summed E-state index contributed by atoms with van der Waals surface area (Å²) in [4.78, 5) is 2.29. The van der Waals surface area contributed by atoms with E-state index >= 15 is 0 Å². The molecule has 2 fully saturated rings. The number of ether oxygens (including phenoxy) is 1. The Labute approximate surface area is 128 Å². The van der Waals surface area contributed by atoms with Crippen molar-refractivity contribution < 1.29 is 13.5 Å². The van der Waals surface area contributed by atoms with Gasteiger partial charge in [0.25, 0.3) is 0 Å². The molecule has 0 aromatic heterocycles. The lowest BCUT2D eigenvalue weighted by Gasteiger charge is -2.24. The maximum absolute atomic E-state index is 12.5. The topological polar surface area (TPSA) is 24.5 Å². The molecule has 0 saturated carbocycles. The van der Waals surface area contributed by atoms with Gasteiger partial charge < -0.3 is 10.1 Å². The summed E-state index contributed by atoms with van der Waals surface area (Å²) >= 11 is 5.99. The lowest BCUT2D eigenvalue weighted by Crippen LogP contribution is -2.40. The summed E-state index contributed by atoms with van der Waals surface area (Å²) in [5.41, 5.74) is 0.724. The molecule has 0 aliphatic carbocycles. The quantitative estimate of drug-likeness (QED) is 0.923. The van der Waals surface area contributed by atoms with E-state index in [4.69, 9.17) is 11.6 Å². The Bertz CT molecular complexity index is 487. The van der Waals surface area contributed by atoms with Gasteiger partial charge in [0.15, 0.2) is 0 Å². The first kappa shape index (κ1) is 15.0. The molecule has 2 heterocycles. The highest BCUT2D eigenvalue weighted by Crippen LogP contribution is 2.30. The first-order valence-electron chi connectivity index (χ1n) is 7.31. The van der Waals surface area contributed by atoms with Gasteiger partial charge in [-0.3, -0.25) is 4.90 Å². The number of likely N-dealkylation sites (tertiary alicyclic amines) is 1. The molecule has 2 aliphatic rings. The average Bonchev–Trinajstić information content (AvgIpc) is 2.83. The molecule has 2 aliphatic heterocycles. The van der Waals surface area contributed by atoms with Crippen LogP contribution >= 0.6 is 11.6 Å². The normalized spacial score (nSPS) is 26.1. The van der Waals surface area contributed by atoms with E-state index in [0.29, 0.717) is 23.5 Å². The zero-order valence-corrected chi connectivity index (χ0v) is 12.5. The summed E-state index contributed by atoms with van der Waals surface area (Å²) < 4.78 is 29.5. The van der Waals surface area contributed by atoms with E-state index in [1.165, 1.54) is 18.9 Å². The summed E-state index contributed by atoms with van der Waals surface area (Å²) in [5.74, 6) is 0.884. The molecule has 2 saturated heterocycles. The van der Waals surface area contributed by atoms with E-state index in [2.05, 4.69) is 15.0 Å². The first-order chi connectivity index (χ1) is 10.1. The molecule has 21 heavy (non-hydrogen) atoms. The van der Waals surface area contributed by atoms with Gasteiger partial charge in [-0.05, 0) is 43.5 Å². The molecule has 1 aromatic rings. The Morgan fingerprint density at radius 3 is 3.00 bits per heavy atom. The zero-order valence-electron chi connectivity index (χ0n) is 11.7. The van der Waals surface area contributed by atoms with Crippen LogP contribution in [0.25, 0.3) is 0 Å². The van der Waals surface area contributed by atoms with Crippen LogP contribution in [0.4, 0.5) is 8.78 Å². The summed E-state index contributed by atoms with van der Waals surface area (Å²) in [7, 11) is 0. The van der Waals surface area contributed by atoms with Gasteiger partial charge in [-0.25, -0.2) is 0 Å². The Hall–Kier alpha value is -0.910. The van der Waals surface area contributed by atoms with Crippen molar-refractivity contribution in [3.05, 3.63) is 28.8 Å². The van der Waals surface area contributed by atoms with Crippen LogP contribution in [-0.4, -0.2) is 37.2 Å². The Morgan fingerprint density at radius 2 is 2.24 bits per heavy atom. The molecule has 1 aromatic carbocycles. The number of rotatable bonds is 4. The average molecular weight is 317 g/mol. The Balaban J connectivity index is 1.70. The number of hydrogen-bond donors (Lipinski definition) is 1. The minimum Gasteiger partial charge on any atom is -0.434 e. The highest BCUT2D eigenvalue weighted by molar-refractivity contribution is 6.30. The largest absolute Gasteiger partial charge is 0.434 e. The van der Waals surface area contributed by atoms with Crippen LogP contribution in [0.3, 0.4) is 0 Å². The number of hydrogen-bond acceptors (Lipinski definition) is 3. The highest BCUT2D eigenvalue weighted by atomic mass is 35.5. The van der Waals surface area contributed by atoms with E-state index < -0.39 is 6.61 Å². The molecule has 0 unspecified atom stereocenters. The molecule has 3 nitrogen and oxygen atoms in total. The minimum atomic E-state index is -2.81. The number of piperidine rings is 1. The first-order valence-corrected chi connectivity index (χ1v) is 7.68. The fraction of sp³-hybridized carbons (Fsp3) is 0.600. The molecule has 0 amide bonds. The molecule has 1 N–H and O–H groups in total. The Morgan fingerprint density at radius 1 is 1.38 bits per heavy atom. The lowest BCUT2D eigenvalue weighted by molar-refractivity contribution is -0.0507. The molecule has 2 atom stereocenters. The summed E-state index contributed by atoms with van der Waals surface area (Å²) in [5, 5.41) is 4.08. The third-order valence-corrected chi connectivity index (χ3v) is 4.54. The molecule has 116 valence electrons. The van der Waals surface area contributed by atoms with Crippen molar-refractivity contribution in [2.24, 2.45) is 5.92 Å². The second-order valence-electron chi connectivity index (χ2n) is 5.79. The third-order valence-electron chi connectivity index (χ3n) is 4.31. The molecule has 6 heteroatoms. The van der Waals surface area contributed by atoms with Crippen molar-refractivity contribution in [1.29, 1.82) is 0 Å². The molecule has 3 rings (SSSR count). The number of nitrogens with one attached hydrogen (secondary N) is 1. The Kier molecular flexibility index (Phi) is 4.62. The van der Waals surface area contributed by atoms with Crippen LogP contribution in [0.2, 0.25) is 5.02 Å². The van der Waals surface area contributed by atoms with Gasteiger partial charge in [0.1, 0.15) is 5.75 Å². The van der Waals surface area contributed by atoms with E-state index in [-0.39, 0.29) is 5.75 Å². The predicted octanol–water partition coefficient (Wildman–Crippen LogP) is 3.13. The number of nitrogens with zero attached hydrogens (tertiary/aromatic N) is 1. The van der Waals surface area contributed by atoms with Crippen LogP contribution in [0, 0.1) is 5.92 Å². The summed E-state index contributed by atoms with van der Waals surface area (Å²) in [6.07, 6.45) is 2.45. The summed E-state index contributed by atoms with van der Waals surface area (Å²) in [6.45, 7) is 0.806. The maximum atomic E-state index is 12.5. The smallest absolute Gasteiger partial charge is 0.387 e. The van der Waals surface area contributed by atoms with Crippen molar-refractivity contribution in [3.8, 4) is 5.75 Å². The van der Waals surface area contributed by atoms with Crippen LogP contribution in [0.5, 0.6) is 5.75 Å². The van der Waals surface area contributed by atoms with Crippen molar-refractivity contribution in [2.75, 3.05) is 19.6 Å². The van der Waals surface area contributed by atoms with Crippen molar-refractivity contribution in [3.63, 3.8) is 0 Å². The molecule has 0 radical (unpaired) electrons. The van der Waals surface area contributed by atoms with Gasteiger partial charge in [-0.15, -0.1) is 0 Å². The van der Waals surface area contributed by atoms with Gasteiger partial charge in [0.2, 0.25) is 0 Å². The predicted molar refractivity (Wildman–Crippen MR) is 77.9 cm³/mol. The highest BCUT2D eigenvalue weighted by Gasteiger charge is 2.34. The van der Waals surface area contributed by atoms with E-state index in [0.717, 1.165) is 25.2 Å². The van der Waals surface area contributed by atoms with Crippen LogP contribution in [0.1, 0.15) is 18.4 Å². The van der Waals surface area contributed by atoms with Gasteiger partial charge in [0, 0.05) is 36.3 Å². The van der Waals surface area contributed by atoms with E-state index in [1.54, 1.807) is 12.1 Å². The van der Waals surface area contributed by atoms with E-state index in [9.17, 15) is 8.78 Å². The van der Waals surface area contributed by atoms with Gasteiger partial charge in [-0.2, -0.15) is 8.78 Å². The maximum Gasteiger partial charge on any atom is 0.387 e. The lowest BCUT2D eigenvalue weighted by atomic mass is 9.94. The monoisotopic (exact) mass is 316 g/mol. The SMILES string of the molecule is FC(F)Oc1ccc(Cl)cc1CN1C[C@@H]2CCCN[C@@H]2C1. The molecule has 0 bridgehead atoms. The molecular formula is C15H19ClF2N2O. The fourth-order valence-electron chi connectivity index (χ4n) is 3.39. The van der Waals surface area contributed by atoms with Crippen LogP contribution in [-0.2, 0) is 6.54 Å². The molecular weight excluding hydrogens is 298 g/mol. The minimum absolute atomic E-state index is 0.220. The van der Waals surface area contributed by atoms with Gasteiger partial charge >= 0.3 is 6.61 Å². The van der Waals surface area contributed by atoms with Crippen LogP contribution < -0.4 is 10.1 Å². The van der Waals surface area contributed by atoms with Crippen molar-refractivity contribution in [2.45, 2.75) is 32.0 Å². The second-order valence-corrected chi connectivity index (χ2v) is 6.22. The third kappa shape index (κ3) is 3.65. The number of benzene rings is 1. The van der Waals surface area contributed by atoms with Crippen molar-refractivity contribution >= 4 is 11.6 Å². The van der Waals surface area contributed by atoms with Crippen LogP contribution in [0.15, 0.2) is 18.2 Å². The van der Waals surface area contributed by atoms with E-state index in [1.807, 2.05) is 0 Å². The number of alkyl halides is 2. The number of halogens is 3. The second kappa shape index (κ2) is 6.46. The fourth-order valence-corrected chi connectivity index (χ4v) is 3.58. The standard InChI is InChI=1S/C15H19ClF2N2O/c16-12-3-4-14(21-15(17)18)11(6-12)8-20-7-10-2-1-5-19-13(10)9-20/h3-4,6,10,13,15,19H,1-2,5,7-9H2/t10-,13+/m0/s1. The molecule has 0 spiro atoms. The van der Waals surface area contributed by atoms with Gasteiger partial charge in [0.05, 0.1) is 0 Å².